The molecule has 14 heavy (non-hydrogen) atoms. The Balaban J connectivity index is 2.51. The molecule has 2 heteroatoms. The Bertz CT molecular complexity index is 208. The molecule has 76 valence electrons. The van der Waals surface area contributed by atoms with Gasteiger partial charge in [0.25, 0.3) is 0 Å². The number of nitrogens with zero attached hydrogens (tertiary/aromatic N) is 2. The first-order valence-corrected chi connectivity index (χ1v) is 5.67. The molecule has 0 amide bonds. The molecule has 1 aliphatic rings. The summed E-state index contributed by atoms with van der Waals surface area (Å²) < 4.78 is 0. The molecular formula is C12H18N2. The summed E-state index contributed by atoms with van der Waals surface area (Å²) in [6.07, 6.45) is 9.16. The second kappa shape index (κ2) is 6.44. The van der Waals surface area contributed by atoms with Gasteiger partial charge in [-0.3, -0.25) is 0 Å². The Labute approximate surface area is 86.5 Å². The average Bonchev–Trinajstić information content (AvgIpc) is 2.24. The molecule has 0 aromatic rings. The normalized spacial score (nSPS) is 29.9. The summed E-state index contributed by atoms with van der Waals surface area (Å²) in [6, 6.07) is 4.60. The summed E-state index contributed by atoms with van der Waals surface area (Å²) in [7, 11) is 0. The van der Waals surface area contributed by atoms with Crippen LogP contribution in [0.1, 0.15) is 51.4 Å². The van der Waals surface area contributed by atoms with Crippen molar-refractivity contribution in [2.24, 2.45) is 11.8 Å². The van der Waals surface area contributed by atoms with Crippen molar-refractivity contribution in [3.05, 3.63) is 0 Å². The van der Waals surface area contributed by atoms with Crippen molar-refractivity contribution >= 4 is 0 Å². The number of hydrogen-bond acceptors (Lipinski definition) is 2. The van der Waals surface area contributed by atoms with Crippen molar-refractivity contribution in [2.75, 3.05) is 0 Å². The van der Waals surface area contributed by atoms with Gasteiger partial charge in [-0.2, -0.15) is 10.5 Å². The van der Waals surface area contributed by atoms with Gasteiger partial charge in [0.1, 0.15) is 0 Å². The van der Waals surface area contributed by atoms with E-state index < -0.39 is 0 Å². The smallest absolute Gasteiger partial charge is 0.0669 e. The summed E-state index contributed by atoms with van der Waals surface area (Å²) in [5, 5.41) is 17.9. The highest BCUT2D eigenvalue weighted by atomic mass is 14.3. The van der Waals surface area contributed by atoms with Crippen LogP contribution in [0, 0.1) is 34.5 Å². The summed E-state index contributed by atoms with van der Waals surface area (Å²) >= 11 is 0. The second-order valence-corrected chi connectivity index (χ2v) is 4.17. The minimum absolute atomic E-state index is 0.0156. The number of hydrogen-bond donors (Lipinski definition) is 0. The van der Waals surface area contributed by atoms with Crippen LogP contribution in [-0.2, 0) is 0 Å². The largest absolute Gasteiger partial charge is 0.198 e. The molecule has 0 aromatic heterocycles. The first kappa shape index (κ1) is 11.1. The zero-order valence-electron chi connectivity index (χ0n) is 8.71. The maximum atomic E-state index is 8.97. The van der Waals surface area contributed by atoms with Gasteiger partial charge in [-0.25, -0.2) is 0 Å². The van der Waals surface area contributed by atoms with Crippen LogP contribution < -0.4 is 0 Å². The van der Waals surface area contributed by atoms with Crippen LogP contribution in [0.4, 0.5) is 0 Å². The van der Waals surface area contributed by atoms with Gasteiger partial charge in [0.05, 0.1) is 24.0 Å². The predicted molar refractivity (Wildman–Crippen MR) is 55.1 cm³/mol. The molecule has 1 rings (SSSR count). The highest BCUT2D eigenvalue weighted by Gasteiger charge is 2.20. The molecule has 0 bridgehead atoms. The highest BCUT2D eigenvalue weighted by Crippen LogP contribution is 2.25. The van der Waals surface area contributed by atoms with Crippen molar-refractivity contribution in [3.8, 4) is 12.1 Å². The molecule has 0 spiro atoms. The molecule has 0 heterocycles. The summed E-state index contributed by atoms with van der Waals surface area (Å²) in [6.45, 7) is 0. The maximum absolute atomic E-state index is 8.97. The molecule has 0 unspecified atom stereocenters. The summed E-state index contributed by atoms with van der Waals surface area (Å²) in [4.78, 5) is 0. The lowest BCUT2D eigenvalue weighted by molar-refractivity contribution is 0.386. The lowest BCUT2D eigenvalue weighted by Gasteiger charge is -2.16. The fourth-order valence-electron chi connectivity index (χ4n) is 2.15. The van der Waals surface area contributed by atoms with E-state index >= 15 is 0 Å². The fourth-order valence-corrected chi connectivity index (χ4v) is 2.15. The van der Waals surface area contributed by atoms with E-state index in [-0.39, 0.29) is 11.8 Å². The Morgan fingerprint density at radius 3 is 1.36 bits per heavy atom. The second-order valence-electron chi connectivity index (χ2n) is 4.17. The van der Waals surface area contributed by atoms with Gasteiger partial charge in [0, 0.05) is 0 Å². The van der Waals surface area contributed by atoms with Crippen LogP contribution in [-0.4, -0.2) is 0 Å². The van der Waals surface area contributed by atoms with Crippen LogP contribution >= 0.6 is 0 Å². The van der Waals surface area contributed by atoms with Gasteiger partial charge >= 0.3 is 0 Å². The molecule has 2 nitrogen and oxygen atoms in total. The van der Waals surface area contributed by atoms with Crippen LogP contribution in [0.25, 0.3) is 0 Å². The average molecular weight is 190 g/mol. The SMILES string of the molecule is N#C[C@@H]1CCCCCCCC[C@@H]1C#N. The van der Waals surface area contributed by atoms with Crippen molar-refractivity contribution in [1.82, 2.24) is 0 Å². The lowest BCUT2D eigenvalue weighted by atomic mass is 9.85. The van der Waals surface area contributed by atoms with E-state index in [4.69, 9.17) is 10.5 Å². The molecule has 0 aliphatic heterocycles. The molecule has 0 aromatic carbocycles. The van der Waals surface area contributed by atoms with Gasteiger partial charge in [0.2, 0.25) is 0 Å². The Morgan fingerprint density at radius 2 is 1.00 bits per heavy atom. The third-order valence-corrected chi connectivity index (χ3v) is 3.10. The fraction of sp³-hybridized carbons (Fsp3) is 0.833. The molecular weight excluding hydrogens is 172 g/mol. The highest BCUT2D eigenvalue weighted by molar-refractivity contribution is 4.98. The Kier molecular flexibility index (Phi) is 5.08. The van der Waals surface area contributed by atoms with Crippen LogP contribution in [0.15, 0.2) is 0 Å². The molecule has 1 aliphatic carbocycles. The number of nitriles is 2. The van der Waals surface area contributed by atoms with E-state index in [0.29, 0.717) is 0 Å². The van der Waals surface area contributed by atoms with E-state index in [1.54, 1.807) is 0 Å². The standard InChI is InChI=1S/C12H18N2/c13-9-11-7-5-3-1-2-4-6-8-12(11)10-14/h11-12H,1-8H2/t11-,12+. The quantitative estimate of drug-likeness (QED) is 0.587. The molecule has 0 saturated heterocycles. The monoisotopic (exact) mass is 190 g/mol. The third-order valence-electron chi connectivity index (χ3n) is 3.10. The lowest BCUT2D eigenvalue weighted by Crippen LogP contribution is -2.12. The van der Waals surface area contributed by atoms with Gasteiger partial charge in [-0.1, -0.05) is 38.5 Å². The predicted octanol–water partition coefficient (Wildman–Crippen LogP) is 3.40. The Morgan fingerprint density at radius 1 is 0.643 bits per heavy atom. The zero-order chi connectivity index (χ0) is 10.2. The van der Waals surface area contributed by atoms with Crippen molar-refractivity contribution in [1.29, 1.82) is 10.5 Å². The van der Waals surface area contributed by atoms with E-state index in [0.717, 1.165) is 25.7 Å². The number of rotatable bonds is 0. The van der Waals surface area contributed by atoms with Crippen LogP contribution in [0.5, 0.6) is 0 Å². The van der Waals surface area contributed by atoms with Crippen LogP contribution in [0.2, 0.25) is 0 Å². The molecule has 2 atom stereocenters. The van der Waals surface area contributed by atoms with Crippen molar-refractivity contribution in [3.63, 3.8) is 0 Å². The van der Waals surface area contributed by atoms with E-state index in [9.17, 15) is 0 Å². The van der Waals surface area contributed by atoms with E-state index in [1.165, 1.54) is 25.7 Å². The van der Waals surface area contributed by atoms with E-state index in [1.807, 2.05) is 0 Å². The maximum Gasteiger partial charge on any atom is 0.0669 e. The zero-order valence-corrected chi connectivity index (χ0v) is 8.71. The summed E-state index contributed by atoms with van der Waals surface area (Å²) in [5.74, 6) is -0.0313. The Hall–Kier alpha value is -1.02. The topological polar surface area (TPSA) is 47.6 Å². The first-order valence-electron chi connectivity index (χ1n) is 5.67. The third kappa shape index (κ3) is 3.38. The first-order chi connectivity index (χ1) is 6.88. The van der Waals surface area contributed by atoms with Gasteiger partial charge in [-0.05, 0) is 12.8 Å². The van der Waals surface area contributed by atoms with Crippen molar-refractivity contribution < 1.29 is 0 Å². The van der Waals surface area contributed by atoms with Gasteiger partial charge in [0.15, 0.2) is 0 Å². The summed E-state index contributed by atoms with van der Waals surface area (Å²) in [5.41, 5.74) is 0. The molecule has 0 N–H and O–H groups in total. The molecule has 1 saturated carbocycles. The van der Waals surface area contributed by atoms with E-state index in [2.05, 4.69) is 12.1 Å². The minimum Gasteiger partial charge on any atom is -0.198 e. The minimum atomic E-state index is -0.0156. The van der Waals surface area contributed by atoms with Crippen molar-refractivity contribution in [2.45, 2.75) is 51.4 Å². The molecule has 0 radical (unpaired) electrons. The molecule has 1 fully saturated rings. The van der Waals surface area contributed by atoms with Gasteiger partial charge in [-0.15, -0.1) is 0 Å². The van der Waals surface area contributed by atoms with Gasteiger partial charge < -0.3 is 0 Å². The van der Waals surface area contributed by atoms with Crippen LogP contribution in [0.3, 0.4) is 0 Å².